The van der Waals surface area contributed by atoms with Crippen LogP contribution in [0, 0.1) is 0 Å². The van der Waals surface area contributed by atoms with Crippen LogP contribution in [0.5, 0.6) is 0 Å². The molecule has 0 atom stereocenters. The summed E-state index contributed by atoms with van der Waals surface area (Å²) >= 11 is 0. The van der Waals surface area contributed by atoms with Crippen molar-refractivity contribution < 1.29 is 0 Å². The quantitative estimate of drug-likeness (QED) is 0.450. The fraction of sp³-hybridized carbons (Fsp3) is 0.400. The maximum atomic E-state index is 3.49. The number of hydrogen-bond donors (Lipinski definition) is 0. The van der Waals surface area contributed by atoms with Gasteiger partial charge in [0.25, 0.3) is 0 Å². The van der Waals surface area contributed by atoms with Crippen LogP contribution in [0.3, 0.4) is 0 Å². The van der Waals surface area contributed by atoms with E-state index < -0.39 is 0 Å². The Labute approximate surface area is 38.4 Å². The van der Waals surface area contributed by atoms with E-state index in [0.29, 0.717) is 0 Å². The second-order valence-corrected chi connectivity index (χ2v) is 0.976. The lowest BCUT2D eigenvalue weighted by Crippen LogP contribution is -1.47. The Kier molecular flexibility index (Phi) is 3.98. The Morgan fingerprint density at radius 1 is 1.83 bits per heavy atom. The molecule has 1 nitrogen and oxygen atoms in total. The molecule has 0 aliphatic rings. The highest BCUT2D eigenvalue weighted by Crippen LogP contribution is 1.76. The number of hydrogen-bond acceptors (Lipinski definition) is 1. The highest BCUT2D eigenvalue weighted by molar-refractivity contribution is 5.25. The van der Waals surface area contributed by atoms with Crippen LogP contribution < -0.4 is 0 Å². The Morgan fingerprint density at radius 2 is 2.50 bits per heavy atom. The van der Waals surface area contributed by atoms with Gasteiger partial charge in [0.1, 0.15) is 0 Å². The molecule has 6 heavy (non-hydrogen) atoms. The molecular formula is C5H9N. The van der Waals surface area contributed by atoms with Crippen molar-refractivity contribution in [1.82, 2.24) is 0 Å². The van der Waals surface area contributed by atoms with Crippen molar-refractivity contribution in [3.63, 3.8) is 0 Å². The minimum Gasteiger partial charge on any atom is -0.273 e. The average molecular weight is 83.1 g/mol. The van der Waals surface area contributed by atoms with Gasteiger partial charge in [0.2, 0.25) is 0 Å². The van der Waals surface area contributed by atoms with E-state index in [4.69, 9.17) is 0 Å². The molecule has 0 N–H and O–H groups in total. The molecule has 0 aromatic heterocycles. The third-order valence-corrected chi connectivity index (χ3v) is 0.447. The summed E-state index contributed by atoms with van der Waals surface area (Å²) in [5.74, 6) is 0. The molecule has 0 fully saturated rings. The molecule has 0 aromatic rings. The first-order valence-electron chi connectivity index (χ1n) is 2.02. The molecule has 0 saturated heterocycles. The van der Waals surface area contributed by atoms with Crippen molar-refractivity contribution in [2.75, 3.05) is 0 Å². The lowest BCUT2D eigenvalue weighted by molar-refractivity contribution is 1.21. The lowest BCUT2D eigenvalue weighted by Gasteiger charge is -1.68. The van der Waals surface area contributed by atoms with E-state index in [0.717, 1.165) is 6.42 Å². The zero-order chi connectivity index (χ0) is 4.83. The van der Waals surface area contributed by atoms with Gasteiger partial charge in [0, 0.05) is 6.20 Å². The summed E-state index contributed by atoms with van der Waals surface area (Å²) in [6.07, 6.45) is 4.69. The normalized spacial score (nSPS) is 9.50. The fourth-order valence-electron chi connectivity index (χ4n) is 0.180. The number of rotatable bonds is 2. The van der Waals surface area contributed by atoms with E-state index in [2.05, 4.69) is 18.6 Å². The van der Waals surface area contributed by atoms with Gasteiger partial charge in [-0.15, -0.1) is 0 Å². The van der Waals surface area contributed by atoms with Gasteiger partial charge in [-0.3, -0.25) is 4.99 Å². The van der Waals surface area contributed by atoms with E-state index in [1.807, 2.05) is 6.08 Å². The van der Waals surface area contributed by atoms with Crippen molar-refractivity contribution in [3.8, 4) is 0 Å². The fourth-order valence-corrected chi connectivity index (χ4v) is 0.180. The maximum absolute atomic E-state index is 3.49. The average Bonchev–Trinajstić information content (AvgIpc) is 1.61. The molecule has 0 aliphatic carbocycles. The van der Waals surface area contributed by atoms with Crippen LogP contribution >= 0.6 is 0 Å². The minimum atomic E-state index is 1.04. The van der Waals surface area contributed by atoms with Crippen LogP contribution in [-0.2, 0) is 0 Å². The predicted molar refractivity (Wildman–Crippen MR) is 29.0 cm³/mol. The third kappa shape index (κ3) is 3.41. The zero-order valence-corrected chi connectivity index (χ0v) is 4.02. The Bertz CT molecular complexity index is 55.0. The summed E-state index contributed by atoms with van der Waals surface area (Å²) in [4.78, 5) is 3.49. The van der Waals surface area contributed by atoms with Gasteiger partial charge in [0.15, 0.2) is 0 Å². The van der Waals surface area contributed by atoms with E-state index in [1.165, 1.54) is 0 Å². The molecule has 34 valence electrons. The Balaban J connectivity index is 2.94. The molecule has 0 amide bonds. The summed E-state index contributed by atoms with van der Waals surface area (Å²) in [5.41, 5.74) is 0. The van der Waals surface area contributed by atoms with Gasteiger partial charge in [-0.05, 0) is 13.1 Å². The molecule has 0 aliphatic heterocycles. The van der Waals surface area contributed by atoms with Crippen molar-refractivity contribution in [2.45, 2.75) is 13.3 Å². The smallest absolute Gasteiger partial charge is 0.0220 e. The van der Waals surface area contributed by atoms with E-state index >= 15 is 0 Å². The first-order chi connectivity index (χ1) is 2.91. The molecule has 0 aromatic carbocycles. The second kappa shape index (κ2) is 4.41. The molecule has 0 heterocycles. The van der Waals surface area contributed by atoms with E-state index in [9.17, 15) is 0 Å². The molecule has 0 saturated carbocycles. The van der Waals surface area contributed by atoms with Crippen molar-refractivity contribution in [2.24, 2.45) is 4.99 Å². The summed E-state index contributed by atoms with van der Waals surface area (Å²) in [7, 11) is 0. The van der Waals surface area contributed by atoms with Crippen LogP contribution in [0.15, 0.2) is 17.3 Å². The SMILES string of the molecule is C=N/C=C/CC. The minimum absolute atomic E-state index is 1.04. The summed E-state index contributed by atoms with van der Waals surface area (Å²) in [6.45, 7) is 5.32. The van der Waals surface area contributed by atoms with E-state index in [1.54, 1.807) is 6.20 Å². The van der Waals surface area contributed by atoms with Crippen LogP contribution in [0.1, 0.15) is 13.3 Å². The van der Waals surface area contributed by atoms with Gasteiger partial charge in [0.05, 0.1) is 0 Å². The molecule has 0 rings (SSSR count). The Hall–Kier alpha value is -0.590. The van der Waals surface area contributed by atoms with Crippen LogP contribution in [0.2, 0.25) is 0 Å². The standard InChI is InChI=1S/C5H9N/c1-3-4-5-6-2/h4-5H,2-3H2,1H3/b5-4+. The molecule has 0 radical (unpaired) electrons. The largest absolute Gasteiger partial charge is 0.273 e. The summed E-state index contributed by atoms with van der Waals surface area (Å²) in [5, 5.41) is 0. The molecule has 0 spiro atoms. The van der Waals surface area contributed by atoms with E-state index in [-0.39, 0.29) is 0 Å². The molecule has 1 heteroatoms. The van der Waals surface area contributed by atoms with Crippen molar-refractivity contribution in [1.29, 1.82) is 0 Å². The monoisotopic (exact) mass is 83.1 g/mol. The first-order valence-corrected chi connectivity index (χ1v) is 2.02. The molecule has 0 unspecified atom stereocenters. The highest BCUT2D eigenvalue weighted by Gasteiger charge is 1.55. The van der Waals surface area contributed by atoms with Crippen molar-refractivity contribution >= 4 is 6.72 Å². The number of aliphatic imine (C=N–C) groups is 1. The maximum Gasteiger partial charge on any atom is 0.0220 e. The lowest BCUT2D eigenvalue weighted by atomic mass is 10.5. The Morgan fingerprint density at radius 3 is 2.67 bits per heavy atom. The second-order valence-electron chi connectivity index (χ2n) is 0.976. The van der Waals surface area contributed by atoms with Gasteiger partial charge in [-0.2, -0.15) is 0 Å². The summed E-state index contributed by atoms with van der Waals surface area (Å²) in [6, 6.07) is 0. The van der Waals surface area contributed by atoms with Crippen LogP contribution in [-0.4, -0.2) is 6.72 Å². The van der Waals surface area contributed by atoms with Crippen LogP contribution in [0.4, 0.5) is 0 Å². The highest BCUT2D eigenvalue weighted by atomic mass is 14.6. The van der Waals surface area contributed by atoms with Gasteiger partial charge in [-0.1, -0.05) is 13.0 Å². The molecular weight excluding hydrogens is 74.1 g/mol. The predicted octanol–water partition coefficient (Wildman–Crippen LogP) is 1.61. The van der Waals surface area contributed by atoms with Crippen molar-refractivity contribution in [3.05, 3.63) is 12.3 Å². The molecule has 0 bridgehead atoms. The zero-order valence-electron chi connectivity index (χ0n) is 4.02. The first kappa shape index (κ1) is 5.41. The van der Waals surface area contributed by atoms with Gasteiger partial charge < -0.3 is 0 Å². The van der Waals surface area contributed by atoms with Crippen LogP contribution in [0.25, 0.3) is 0 Å². The third-order valence-electron chi connectivity index (χ3n) is 0.447. The van der Waals surface area contributed by atoms with Gasteiger partial charge >= 0.3 is 0 Å². The topological polar surface area (TPSA) is 12.4 Å². The number of nitrogens with zero attached hydrogens (tertiary/aromatic N) is 1. The summed E-state index contributed by atoms with van der Waals surface area (Å²) < 4.78 is 0. The number of allylic oxidation sites excluding steroid dienone is 1. The van der Waals surface area contributed by atoms with Gasteiger partial charge in [-0.25, -0.2) is 0 Å².